The third-order valence-corrected chi connectivity index (χ3v) is 1.68. The molecule has 0 aromatic carbocycles. The lowest BCUT2D eigenvalue weighted by Crippen LogP contribution is -2.08. The molecule has 0 spiro atoms. The summed E-state index contributed by atoms with van der Waals surface area (Å²) < 4.78 is 17.9. The molecule has 2 heterocycles. The lowest BCUT2D eigenvalue weighted by molar-refractivity contribution is 0.177. The molecule has 0 fully saturated rings. The van der Waals surface area contributed by atoms with Crippen LogP contribution in [0.15, 0.2) is 18.6 Å². The van der Waals surface area contributed by atoms with Gasteiger partial charge in [0.05, 0.1) is 25.2 Å². The van der Waals surface area contributed by atoms with Gasteiger partial charge in [-0.2, -0.15) is 10.2 Å². The molecule has 0 aliphatic rings. The van der Waals surface area contributed by atoms with Crippen molar-refractivity contribution in [1.82, 2.24) is 25.0 Å². The first-order valence-electron chi connectivity index (χ1n) is 4.18. The van der Waals surface area contributed by atoms with E-state index in [2.05, 4.69) is 20.2 Å². The zero-order valence-corrected chi connectivity index (χ0v) is 7.96. The fourth-order valence-corrected chi connectivity index (χ4v) is 1.05. The second kappa shape index (κ2) is 4.09. The van der Waals surface area contributed by atoms with Gasteiger partial charge in [0, 0.05) is 7.11 Å². The number of hydrogen-bond donors (Lipinski definition) is 0. The maximum atomic E-state index is 13.1. The second-order valence-electron chi connectivity index (χ2n) is 2.72. The van der Waals surface area contributed by atoms with Crippen LogP contribution in [0, 0.1) is 5.82 Å². The van der Waals surface area contributed by atoms with Crippen LogP contribution in [-0.2, 0) is 11.3 Å². The summed E-state index contributed by atoms with van der Waals surface area (Å²) in [5, 5.41) is 7.67. The van der Waals surface area contributed by atoms with Crippen molar-refractivity contribution in [3.63, 3.8) is 0 Å². The van der Waals surface area contributed by atoms with Crippen molar-refractivity contribution in [2.45, 2.75) is 6.61 Å². The Kier molecular flexibility index (Phi) is 2.64. The summed E-state index contributed by atoms with van der Waals surface area (Å²) in [5.74, 6) is -0.291. The van der Waals surface area contributed by atoms with E-state index in [9.17, 15) is 4.39 Å². The standard InChI is InChI=1S/C8H8FN5O/c1-15-5-7-6(9)4-10-8(13-7)14-11-2-3-12-14/h2-4H,5H2,1H3. The topological polar surface area (TPSA) is 65.7 Å². The van der Waals surface area contributed by atoms with E-state index in [0.29, 0.717) is 0 Å². The van der Waals surface area contributed by atoms with Gasteiger partial charge in [-0.3, -0.25) is 0 Å². The highest BCUT2D eigenvalue weighted by Gasteiger charge is 2.08. The van der Waals surface area contributed by atoms with Crippen molar-refractivity contribution < 1.29 is 9.13 Å². The number of ether oxygens (including phenoxy) is 1. The first-order valence-corrected chi connectivity index (χ1v) is 4.18. The van der Waals surface area contributed by atoms with Crippen LogP contribution >= 0.6 is 0 Å². The van der Waals surface area contributed by atoms with Gasteiger partial charge in [0.15, 0.2) is 5.82 Å². The molecule has 0 aliphatic carbocycles. The predicted molar refractivity (Wildman–Crippen MR) is 47.6 cm³/mol. The van der Waals surface area contributed by atoms with Crippen molar-refractivity contribution in [1.29, 1.82) is 0 Å². The Labute approximate surface area is 84.7 Å². The van der Waals surface area contributed by atoms with Gasteiger partial charge in [0.25, 0.3) is 5.95 Å². The summed E-state index contributed by atoms with van der Waals surface area (Å²) >= 11 is 0. The van der Waals surface area contributed by atoms with Crippen LogP contribution in [0.5, 0.6) is 0 Å². The summed E-state index contributed by atoms with van der Waals surface area (Å²) in [6, 6.07) is 0. The van der Waals surface area contributed by atoms with Crippen LogP contribution in [0.4, 0.5) is 4.39 Å². The second-order valence-corrected chi connectivity index (χ2v) is 2.72. The summed E-state index contributed by atoms with van der Waals surface area (Å²) in [6.45, 7) is 0.0859. The highest BCUT2D eigenvalue weighted by atomic mass is 19.1. The van der Waals surface area contributed by atoms with Gasteiger partial charge < -0.3 is 4.74 Å². The smallest absolute Gasteiger partial charge is 0.269 e. The molecule has 2 aromatic heterocycles. The number of rotatable bonds is 3. The normalized spacial score (nSPS) is 10.5. The number of aromatic nitrogens is 5. The Morgan fingerprint density at radius 2 is 2.13 bits per heavy atom. The van der Waals surface area contributed by atoms with Crippen LogP contribution in [0.25, 0.3) is 5.95 Å². The van der Waals surface area contributed by atoms with E-state index in [4.69, 9.17) is 4.74 Å². The molecule has 0 radical (unpaired) electrons. The average molecular weight is 209 g/mol. The van der Waals surface area contributed by atoms with E-state index in [1.54, 1.807) is 0 Å². The van der Waals surface area contributed by atoms with Crippen LogP contribution in [0.1, 0.15) is 5.69 Å². The number of halogens is 1. The van der Waals surface area contributed by atoms with Crippen molar-refractivity contribution >= 4 is 0 Å². The van der Waals surface area contributed by atoms with Gasteiger partial charge in [-0.1, -0.05) is 0 Å². The molecule has 78 valence electrons. The molecule has 0 atom stereocenters. The third kappa shape index (κ3) is 1.96. The molecular formula is C8H8FN5O. The number of methoxy groups -OCH3 is 1. The van der Waals surface area contributed by atoms with Crippen molar-refractivity contribution in [3.05, 3.63) is 30.1 Å². The van der Waals surface area contributed by atoms with Gasteiger partial charge in [-0.15, -0.1) is 4.80 Å². The molecule has 7 heteroatoms. The summed E-state index contributed by atoms with van der Waals surface area (Å²) in [7, 11) is 1.47. The summed E-state index contributed by atoms with van der Waals surface area (Å²) in [5.41, 5.74) is 0.180. The average Bonchev–Trinajstić information content (AvgIpc) is 2.75. The fourth-order valence-electron chi connectivity index (χ4n) is 1.05. The fraction of sp³-hybridized carbons (Fsp3) is 0.250. The van der Waals surface area contributed by atoms with Crippen LogP contribution in [0.2, 0.25) is 0 Å². The van der Waals surface area contributed by atoms with E-state index in [0.717, 1.165) is 6.20 Å². The molecule has 0 N–H and O–H groups in total. The minimum atomic E-state index is -0.507. The number of nitrogens with zero attached hydrogens (tertiary/aromatic N) is 5. The molecule has 0 amide bonds. The molecule has 15 heavy (non-hydrogen) atoms. The Morgan fingerprint density at radius 3 is 2.80 bits per heavy atom. The quantitative estimate of drug-likeness (QED) is 0.729. The molecule has 0 unspecified atom stereocenters. The maximum Gasteiger partial charge on any atom is 0.269 e. The first kappa shape index (κ1) is 9.66. The van der Waals surface area contributed by atoms with Gasteiger partial charge >= 0.3 is 0 Å². The van der Waals surface area contributed by atoms with Gasteiger partial charge in [0.2, 0.25) is 0 Å². The number of hydrogen-bond acceptors (Lipinski definition) is 5. The van der Waals surface area contributed by atoms with E-state index >= 15 is 0 Å². The molecular weight excluding hydrogens is 201 g/mol. The van der Waals surface area contributed by atoms with Crippen molar-refractivity contribution in [2.75, 3.05) is 7.11 Å². The van der Waals surface area contributed by atoms with Crippen LogP contribution < -0.4 is 0 Å². The lowest BCUT2D eigenvalue weighted by atomic mass is 10.4. The molecule has 0 bridgehead atoms. The minimum Gasteiger partial charge on any atom is -0.378 e. The Balaban J connectivity index is 2.38. The Morgan fingerprint density at radius 1 is 1.40 bits per heavy atom. The first-order chi connectivity index (χ1) is 7.31. The molecule has 0 saturated heterocycles. The zero-order valence-electron chi connectivity index (χ0n) is 7.96. The third-order valence-electron chi connectivity index (χ3n) is 1.68. The summed E-state index contributed by atoms with van der Waals surface area (Å²) in [6.07, 6.45) is 4.05. The molecule has 6 nitrogen and oxygen atoms in total. The van der Waals surface area contributed by atoms with Crippen LogP contribution in [0.3, 0.4) is 0 Å². The van der Waals surface area contributed by atoms with E-state index < -0.39 is 5.82 Å². The Hall–Kier alpha value is -1.89. The molecule has 0 saturated carbocycles. The molecule has 2 aromatic rings. The maximum absolute atomic E-state index is 13.1. The highest BCUT2D eigenvalue weighted by molar-refractivity contribution is 5.12. The van der Waals surface area contributed by atoms with Gasteiger partial charge in [-0.25, -0.2) is 14.4 Å². The highest BCUT2D eigenvalue weighted by Crippen LogP contribution is 2.05. The monoisotopic (exact) mass is 209 g/mol. The zero-order chi connectivity index (χ0) is 10.7. The van der Waals surface area contributed by atoms with Gasteiger partial charge in [-0.05, 0) is 0 Å². The van der Waals surface area contributed by atoms with E-state index in [1.165, 1.54) is 24.3 Å². The molecule has 2 rings (SSSR count). The van der Waals surface area contributed by atoms with Crippen molar-refractivity contribution in [2.24, 2.45) is 0 Å². The Bertz CT molecular complexity index is 444. The minimum absolute atomic E-state index is 0.0859. The summed E-state index contributed by atoms with van der Waals surface area (Å²) in [4.78, 5) is 8.90. The van der Waals surface area contributed by atoms with E-state index in [1.807, 2.05) is 0 Å². The predicted octanol–water partition coefficient (Wildman–Crippen LogP) is 0.343. The SMILES string of the molecule is COCc1nc(-n2nccn2)ncc1F. The lowest BCUT2D eigenvalue weighted by Gasteiger charge is -2.02. The van der Waals surface area contributed by atoms with Crippen molar-refractivity contribution in [3.8, 4) is 5.95 Å². The van der Waals surface area contributed by atoms with Gasteiger partial charge in [0.1, 0.15) is 5.69 Å². The largest absolute Gasteiger partial charge is 0.378 e. The molecule has 0 aliphatic heterocycles. The van der Waals surface area contributed by atoms with Crippen LogP contribution in [-0.4, -0.2) is 32.1 Å². The van der Waals surface area contributed by atoms with E-state index in [-0.39, 0.29) is 18.2 Å².